The predicted molar refractivity (Wildman–Crippen MR) is 145 cm³/mol. The van der Waals surface area contributed by atoms with E-state index in [-0.39, 0.29) is 24.4 Å². The molecule has 0 aromatic rings. The van der Waals surface area contributed by atoms with Crippen LogP contribution in [0.1, 0.15) is 94.4 Å². The first kappa shape index (κ1) is 33.4. The van der Waals surface area contributed by atoms with E-state index in [9.17, 15) is 25.2 Å². The molecule has 38 heavy (non-hydrogen) atoms. The lowest BCUT2D eigenvalue weighted by Crippen LogP contribution is -2.59. The van der Waals surface area contributed by atoms with Crippen LogP contribution in [0, 0.1) is 17.8 Å². The minimum atomic E-state index is -1.69. The van der Waals surface area contributed by atoms with Crippen LogP contribution in [0.15, 0.2) is 0 Å². The van der Waals surface area contributed by atoms with Gasteiger partial charge in [0.05, 0.1) is 29.3 Å². The van der Waals surface area contributed by atoms with E-state index < -0.39 is 59.3 Å². The van der Waals surface area contributed by atoms with E-state index in [2.05, 4.69) is 6.92 Å². The molecule has 12 atom stereocenters. The molecule has 0 spiro atoms. The number of aliphatic hydroxyl groups excluding tert-OH is 1. The van der Waals surface area contributed by atoms with Crippen molar-refractivity contribution in [3.63, 3.8) is 0 Å². The zero-order chi connectivity index (χ0) is 29.2. The Bertz CT molecular complexity index is 772. The van der Waals surface area contributed by atoms with Gasteiger partial charge in [0.15, 0.2) is 6.29 Å². The zero-order valence-electron chi connectivity index (χ0n) is 25.3. The molecule has 0 bridgehead atoms. The molecule has 0 amide bonds. The molecule has 0 aliphatic carbocycles. The van der Waals surface area contributed by atoms with E-state index in [1.165, 1.54) is 6.92 Å². The van der Waals surface area contributed by atoms with Gasteiger partial charge in [-0.3, -0.25) is 4.79 Å². The fourth-order valence-electron chi connectivity index (χ4n) is 6.70. The van der Waals surface area contributed by atoms with Gasteiger partial charge in [0.1, 0.15) is 17.8 Å². The van der Waals surface area contributed by atoms with Crippen LogP contribution in [-0.2, 0) is 19.0 Å². The molecular formula is C29H55NO8. The molecule has 2 aliphatic heterocycles. The minimum Gasteiger partial charge on any atom is -0.459 e. The Balaban J connectivity index is 2.44. The number of carbonyl (C=O) groups is 1. The third-order valence-electron chi connectivity index (χ3n) is 8.63. The predicted octanol–water partition coefficient (Wildman–Crippen LogP) is 2.85. The first-order chi connectivity index (χ1) is 17.3. The van der Waals surface area contributed by atoms with Gasteiger partial charge in [0.2, 0.25) is 0 Å². The lowest BCUT2D eigenvalue weighted by molar-refractivity contribution is -0.262. The Morgan fingerprint density at radius 1 is 0.974 bits per heavy atom. The molecule has 2 saturated heterocycles. The maximum Gasteiger partial charge on any atom is 0.311 e. The van der Waals surface area contributed by atoms with Crippen LogP contribution in [0.25, 0.3) is 0 Å². The summed E-state index contributed by atoms with van der Waals surface area (Å²) >= 11 is 0. The van der Waals surface area contributed by atoms with Crippen molar-refractivity contribution >= 4 is 5.97 Å². The van der Waals surface area contributed by atoms with E-state index in [1.807, 2.05) is 39.6 Å². The molecule has 0 aromatic carbocycles. The molecule has 4 N–H and O–H groups in total. The Labute approximate surface area is 229 Å². The van der Waals surface area contributed by atoms with Gasteiger partial charge in [-0.15, -0.1) is 0 Å². The highest BCUT2D eigenvalue weighted by atomic mass is 16.7. The highest BCUT2D eigenvalue weighted by Gasteiger charge is 2.47. The van der Waals surface area contributed by atoms with E-state index in [0.29, 0.717) is 32.2 Å². The van der Waals surface area contributed by atoms with Crippen LogP contribution in [-0.4, -0.2) is 98.4 Å². The Hall–Kier alpha value is -0.810. The highest BCUT2D eigenvalue weighted by molar-refractivity contribution is 5.73. The number of rotatable bonds is 3. The molecule has 2 rings (SSSR count). The molecule has 2 heterocycles. The number of cyclic esters (lactones) is 1. The van der Waals surface area contributed by atoms with Crippen molar-refractivity contribution < 1.29 is 39.4 Å². The van der Waals surface area contributed by atoms with Gasteiger partial charge >= 0.3 is 5.97 Å². The normalized spacial score (nSPS) is 49.1. The Morgan fingerprint density at radius 3 is 2.11 bits per heavy atom. The van der Waals surface area contributed by atoms with Crippen LogP contribution < -0.4 is 0 Å². The summed E-state index contributed by atoms with van der Waals surface area (Å²) in [5.41, 5.74) is -3.67. The van der Waals surface area contributed by atoms with Crippen LogP contribution in [0.4, 0.5) is 0 Å². The maximum atomic E-state index is 13.5. The summed E-state index contributed by atoms with van der Waals surface area (Å²) in [5.74, 6) is -1.46. The van der Waals surface area contributed by atoms with Crippen LogP contribution >= 0.6 is 0 Å². The van der Waals surface area contributed by atoms with Crippen LogP contribution in [0.5, 0.6) is 0 Å². The van der Waals surface area contributed by atoms with Gasteiger partial charge in [-0.05, 0) is 79.7 Å². The smallest absolute Gasteiger partial charge is 0.311 e. The van der Waals surface area contributed by atoms with E-state index in [0.717, 1.165) is 0 Å². The van der Waals surface area contributed by atoms with Crippen LogP contribution in [0.3, 0.4) is 0 Å². The topological polar surface area (TPSA) is 129 Å². The van der Waals surface area contributed by atoms with Crippen molar-refractivity contribution in [2.24, 2.45) is 17.8 Å². The molecule has 2 fully saturated rings. The van der Waals surface area contributed by atoms with Gasteiger partial charge in [0.25, 0.3) is 0 Å². The number of aliphatic hydroxyl groups is 4. The summed E-state index contributed by atoms with van der Waals surface area (Å²) in [6.07, 6.45) is -1.76. The van der Waals surface area contributed by atoms with Crippen molar-refractivity contribution in [3.05, 3.63) is 0 Å². The summed E-state index contributed by atoms with van der Waals surface area (Å²) in [6, 6.07) is -0.416. The van der Waals surface area contributed by atoms with Gasteiger partial charge < -0.3 is 39.5 Å². The summed E-state index contributed by atoms with van der Waals surface area (Å²) in [7, 11) is 1.88. The number of hydrogen-bond acceptors (Lipinski definition) is 9. The fourth-order valence-corrected chi connectivity index (χ4v) is 6.70. The zero-order valence-corrected chi connectivity index (χ0v) is 25.3. The van der Waals surface area contributed by atoms with Crippen molar-refractivity contribution in [3.8, 4) is 0 Å². The third-order valence-corrected chi connectivity index (χ3v) is 8.63. The number of hydrogen-bond donors (Lipinski definition) is 4. The molecule has 9 heteroatoms. The maximum absolute atomic E-state index is 13.5. The molecule has 9 nitrogen and oxygen atoms in total. The van der Waals surface area contributed by atoms with Gasteiger partial charge in [0, 0.05) is 25.4 Å². The first-order valence-corrected chi connectivity index (χ1v) is 14.4. The van der Waals surface area contributed by atoms with Gasteiger partial charge in [-0.25, -0.2) is 0 Å². The average Bonchev–Trinajstić information content (AvgIpc) is 2.76. The number of carbonyl (C=O) groups excluding carboxylic acids is 1. The lowest BCUT2D eigenvalue weighted by atomic mass is 9.80. The molecular weight excluding hydrogens is 490 g/mol. The molecule has 0 radical (unpaired) electrons. The van der Waals surface area contributed by atoms with Crippen molar-refractivity contribution in [2.45, 2.75) is 148 Å². The van der Waals surface area contributed by atoms with Gasteiger partial charge in [-0.1, -0.05) is 20.8 Å². The second kappa shape index (κ2) is 12.8. The largest absolute Gasteiger partial charge is 0.459 e. The minimum absolute atomic E-state index is 0.0983. The van der Waals surface area contributed by atoms with Crippen molar-refractivity contribution in [1.82, 2.24) is 4.90 Å². The molecule has 0 saturated carbocycles. The Morgan fingerprint density at radius 2 is 1.55 bits per heavy atom. The Kier molecular flexibility index (Phi) is 11.2. The van der Waals surface area contributed by atoms with E-state index >= 15 is 0 Å². The fraction of sp³-hybridized carbons (Fsp3) is 0.966. The number of likely N-dealkylation sites (N-methyl/N-ethyl adjacent to an activating group) is 1. The van der Waals surface area contributed by atoms with Gasteiger partial charge in [-0.2, -0.15) is 0 Å². The summed E-state index contributed by atoms with van der Waals surface area (Å²) in [4.78, 5) is 15.5. The quantitative estimate of drug-likeness (QED) is 0.396. The number of esters is 1. The summed E-state index contributed by atoms with van der Waals surface area (Å²) in [5, 5.41) is 44.7. The molecule has 4 unspecified atom stereocenters. The van der Waals surface area contributed by atoms with Crippen LogP contribution in [0.2, 0.25) is 0 Å². The number of ether oxygens (including phenoxy) is 3. The van der Waals surface area contributed by atoms with Crippen molar-refractivity contribution in [1.29, 1.82) is 0 Å². The molecule has 2 aliphatic rings. The molecule has 224 valence electrons. The SMILES string of the molecule is CC[C@H]1OC(=O)C(C)[C@@H](O[C@H]2C[C@@](C)(O)CC(C)O2)[C@H](C)C[C@](C)(O)C[C@@H](C)CN(C)C(C)C(O)[C@]1(C)O. The molecule has 0 aromatic heterocycles. The monoisotopic (exact) mass is 545 g/mol. The van der Waals surface area contributed by atoms with E-state index in [4.69, 9.17) is 14.2 Å². The number of nitrogens with zero attached hydrogens (tertiary/aromatic N) is 1. The average molecular weight is 546 g/mol. The summed E-state index contributed by atoms with van der Waals surface area (Å²) < 4.78 is 18.2. The van der Waals surface area contributed by atoms with Crippen molar-refractivity contribution in [2.75, 3.05) is 13.6 Å². The second-order valence-electron chi connectivity index (χ2n) is 13.3. The standard InChI is InChI=1S/C29H55NO8/c1-11-22-29(9,35)25(31)21(6)30(10)16-17(2)12-27(7,33)13-18(3)24(20(5)26(32)37-22)38-23-15-28(8,34)14-19(4)36-23/h17-25,31,33-35H,11-16H2,1-10H3/t17-,18-,19?,20?,21?,22-,23+,24+,25?,27-,28+,29-/m1/s1. The lowest BCUT2D eigenvalue weighted by Gasteiger charge is -2.42. The summed E-state index contributed by atoms with van der Waals surface area (Å²) in [6.45, 7) is 16.9. The third kappa shape index (κ3) is 8.59. The second-order valence-corrected chi connectivity index (χ2v) is 13.3. The first-order valence-electron chi connectivity index (χ1n) is 14.4. The van der Waals surface area contributed by atoms with E-state index in [1.54, 1.807) is 20.8 Å². The highest BCUT2D eigenvalue weighted by Crippen LogP contribution is 2.36.